The Kier molecular flexibility index (Phi) is 8.69. The van der Waals surface area contributed by atoms with E-state index in [9.17, 15) is 41.9 Å². The molecule has 0 aliphatic carbocycles. The maximum Gasteiger partial charge on any atom is 0.269 e. The minimum atomic E-state index is -4.22. The number of non-ortho nitro benzene ring substituents is 2. The summed E-state index contributed by atoms with van der Waals surface area (Å²) in [5, 5.41) is 21.6. The standard InChI is InChI=1S/C26H21N5O10S2/c27-26(32)24-15-21(9-14-25(24)29-43(39,40)23-12-5-19(6-13-23)31(35)36)41-20-7-1-17(2-8-20)16-28-42(37,38)22-10-3-18(4-11-22)30(33)34/h1-15,28-29H,16H2,(H2,27,32). The number of primary amides is 1. The van der Waals surface area contributed by atoms with Crippen LogP contribution >= 0.6 is 0 Å². The quantitative estimate of drug-likeness (QED) is 0.152. The minimum Gasteiger partial charge on any atom is -0.457 e. The van der Waals surface area contributed by atoms with E-state index in [-0.39, 0.29) is 44.7 Å². The first-order valence-electron chi connectivity index (χ1n) is 12.0. The zero-order valence-electron chi connectivity index (χ0n) is 21.7. The molecule has 0 fully saturated rings. The Hall–Kier alpha value is -5.39. The van der Waals surface area contributed by atoms with Crippen molar-refractivity contribution in [2.45, 2.75) is 16.3 Å². The van der Waals surface area contributed by atoms with Gasteiger partial charge >= 0.3 is 0 Å². The minimum absolute atomic E-state index is 0.0883. The van der Waals surface area contributed by atoms with Gasteiger partial charge in [0.15, 0.2) is 0 Å². The highest BCUT2D eigenvalue weighted by atomic mass is 32.2. The lowest BCUT2D eigenvalue weighted by molar-refractivity contribution is -0.385. The lowest BCUT2D eigenvalue weighted by Crippen LogP contribution is -2.23. The molecule has 0 atom stereocenters. The van der Waals surface area contributed by atoms with Crippen LogP contribution in [0.5, 0.6) is 11.5 Å². The second kappa shape index (κ2) is 12.2. The normalized spacial score (nSPS) is 11.4. The highest BCUT2D eigenvalue weighted by Gasteiger charge is 2.20. The van der Waals surface area contributed by atoms with Gasteiger partial charge < -0.3 is 10.5 Å². The van der Waals surface area contributed by atoms with Gasteiger partial charge in [0.1, 0.15) is 11.5 Å². The van der Waals surface area contributed by atoms with E-state index in [0.29, 0.717) is 11.3 Å². The molecule has 43 heavy (non-hydrogen) atoms. The van der Waals surface area contributed by atoms with Crippen molar-refractivity contribution >= 4 is 43.0 Å². The van der Waals surface area contributed by atoms with Crippen molar-refractivity contribution in [2.75, 3.05) is 4.72 Å². The van der Waals surface area contributed by atoms with Gasteiger partial charge in [-0.2, -0.15) is 0 Å². The number of hydrogen-bond donors (Lipinski definition) is 3. The predicted molar refractivity (Wildman–Crippen MR) is 153 cm³/mol. The number of amides is 1. The zero-order valence-corrected chi connectivity index (χ0v) is 23.4. The van der Waals surface area contributed by atoms with E-state index < -0.39 is 35.8 Å². The monoisotopic (exact) mass is 627 g/mol. The van der Waals surface area contributed by atoms with Crippen molar-refractivity contribution in [3.63, 3.8) is 0 Å². The molecule has 15 nitrogen and oxygen atoms in total. The number of anilines is 1. The van der Waals surface area contributed by atoms with Crippen LogP contribution in [0.15, 0.2) is 101 Å². The van der Waals surface area contributed by atoms with Crippen LogP contribution < -0.4 is 19.9 Å². The van der Waals surface area contributed by atoms with Crippen LogP contribution in [0.3, 0.4) is 0 Å². The smallest absolute Gasteiger partial charge is 0.269 e. The Labute approximate surface area is 244 Å². The molecule has 4 rings (SSSR count). The SMILES string of the molecule is NC(=O)c1cc(Oc2ccc(CNS(=O)(=O)c3ccc([N+](=O)[O-])cc3)cc2)ccc1NS(=O)(=O)c1ccc([N+](=O)[O-])cc1. The summed E-state index contributed by atoms with van der Waals surface area (Å²) in [5.74, 6) is -0.516. The summed E-state index contributed by atoms with van der Waals surface area (Å²) in [6, 6.07) is 18.7. The number of rotatable bonds is 12. The molecule has 0 aliphatic heterocycles. The number of nitrogens with one attached hydrogen (secondary N) is 2. The molecule has 0 saturated carbocycles. The van der Waals surface area contributed by atoms with Gasteiger partial charge in [-0.1, -0.05) is 12.1 Å². The van der Waals surface area contributed by atoms with Gasteiger partial charge in [-0.3, -0.25) is 29.7 Å². The van der Waals surface area contributed by atoms with E-state index in [1.165, 1.54) is 30.3 Å². The molecule has 0 spiro atoms. The summed E-state index contributed by atoms with van der Waals surface area (Å²) in [5.41, 5.74) is 5.12. The molecular weight excluding hydrogens is 606 g/mol. The van der Waals surface area contributed by atoms with Crippen molar-refractivity contribution in [2.24, 2.45) is 5.73 Å². The van der Waals surface area contributed by atoms with E-state index in [4.69, 9.17) is 10.5 Å². The molecule has 0 unspecified atom stereocenters. The molecule has 0 aliphatic rings. The lowest BCUT2D eigenvalue weighted by atomic mass is 10.1. The van der Waals surface area contributed by atoms with Crippen molar-refractivity contribution in [1.82, 2.24) is 4.72 Å². The summed E-state index contributed by atoms with van der Waals surface area (Å²) in [4.78, 5) is 32.0. The molecule has 17 heteroatoms. The van der Waals surface area contributed by atoms with E-state index in [1.807, 2.05) is 0 Å². The number of benzene rings is 4. The third-order valence-corrected chi connectivity index (χ3v) is 8.64. The largest absolute Gasteiger partial charge is 0.457 e. The van der Waals surface area contributed by atoms with Gasteiger partial charge in [0.25, 0.3) is 27.3 Å². The molecule has 0 bridgehead atoms. The molecule has 0 saturated heterocycles. The van der Waals surface area contributed by atoms with Crippen molar-refractivity contribution in [3.8, 4) is 11.5 Å². The van der Waals surface area contributed by atoms with Crippen molar-refractivity contribution in [1.29, 1.82) is 0 Å². The number of carbonyl (C=O) groups is 1. The van der Waals surface area contributed by atoms with Crippen LogP contribution in [-0.4, -0.2) is 32.6 Å². The zero-order chi connectivity index (χ0) is 31.4. The Morgan fingerprint density at radius 3 is 1.70 bits per heavy atom. The average Bonchev–Trinajstić information content (AvgIpc) is 2.97. The third kappa shape index (κ3) is 7.47. The lowest BCUT2D eigenvalue weighted by Gasteiger charge is -2.13. The summed E-state index contributed by atoms with van der Waals surface area (Å²) in [6.45, 7) is -0.0883. The number of sulfonamides is 2. The Bertz CT molecular complexity index is 1910. The summed E-state index contributed by atoms with van der Waals surface area (Å²) in [7, 11) is -8.16. The second-order valence-electron chi connectivity index (χ2n) is 8.75. The summed E-state index contributed by atoms with van der Waals surface area (Å²) < 4.78 is 60.9. The van der Waals surface area contributed by atoms with Gasteiger partial charge in [0.2, 0.25) is 10.0 Å². The summed E-state index contributed by atoms with van der Waals surface area (Å²) in [6.07, 6.45) is 0. The maximum absolute atomic E-state index is 12.8. The molecule has 0 radical (unpaired) electrons. The van der Waals surface area contributed by atoms with E-state index in [0.717, 1.165) is 48.5 Å². The van der Waals surface area contributed by atoms with Gasteiger partial charge in [0.05, 0.1) is 30.9 Å². The number of hydrogen-bond acceptors (Lipinski definition) is 10. The van der Waals surface area contributed by atoms with Crippen LogP contribution in [0.2, 0.25) is 0 Å². The Morgan fingerprint density at radius 2 is 1.21 bits per heavy atom. The number of nitro groups is 2. The molecule has 0 aromatic heterocycles. The Balaban J connectivity index is 1.43. The first kappa shape index (κ1) is 30.6. The molecule has 4 aromatic rings. The number of ether oxygens (including phenoxy) is 1. The topological polar surface area (TPSA) is 231 Å². The fourth-order valence-electron chi connectivity index (χ4n) is 3.65. The Morgan fingerprint density at radius 1 is 0.721 bits per heavy atom. The molecule has 222 valence electrons. The van der Waals surface area contributed by atoms with E-state index in [1.54, 1.807) is 12.1 Å². The van der Waals surface area contributed by atoms with Crippen molar-refractivity contribution in [3.05, 3.63) is 122 Å². The van der Waals surface area contributed by atoms with Gasteiger partial charge in [-0.25, -0.2) is 21.6 Å². The van der Waals surface area contributed by atoms with Crippen LogP contribution in [0.4, 0.5) is 17.1 Å². The van der Waals surface area contributed by atoms with Crippen molar-refractivity contribution < 1.29 is 36.2 Å². The first-order chi connectivity index (χ1) is 20.2. The fourth-order valence-corrected chi connectivity index (χ4v) is 5.75. The molecular formula is C26H21N5O10S2. The molecule has 4 aromatic carbocycles. The second-order valence-corrected chi connectivity index (χ2v) is 12.2. The molecule has 4 N–H and O–H groups in total. The number of nitrogens with zero attached hydrogens (tertiary/aromatic N) is 2. The van der Waals surface area contributed by atoms with E-state index in [2.05, 4.69) is 9.44 Å². The highest BCUT2D eigenvalue weighted by Crippen LogP contribution is 2.29. The fraction of sp³-hybridized carbons (Fsp3) is 0.0385. The molecule has 0 heterocycles. The van der Waals surface area contributed by atoms with Crippen LogP contribution in [0.1, 0.15) is 15.9 Å². The van der Waals surface area contributed by atoms with Gasteiger partial charge in [0, 0.05) is 30.8 Å². The highest BCUT2D eigenvalue weighted by molar-refractivity contribution is 7.92. The number of nitro benzene ring substituents is 2. The van der Waals surface area contributed by atoms with Crippen LogP contribution in [0, 0.1) is 20.2 Å². The number of carbonyl (C=O) groups excluding carboxylic acids is 1. The van der Waals surface area contributed by atoms with E-state index >= 15 is 0 Å². The molecule has 1 amide bonds. The maximum atomic E-state index is 12.8. The average molecular weight is 628 g/mol. The first-order valence-corrected chi connectivity index (χ1v) is 14.9. The van der Waals surface area contributed by atoms with Crippen LogP contribution in [-0.2, 0) is 26.6 Å². The van der Waals surface area contributed by atoms with Gasteiger partial charge in [-0.05, 0) is 60.2 Å². The van der Waals surface area contributed by atoms with Gasteiger partial charge in [-0.15, -0.1) is 0 Å². The summed E-state index contributed by atoms with van der Waals surface area (Å²) >= 11 is 0. The predicted octanol–water partition coefficient (Wildman–Crippen LogP) is 3.67. The number of nitrogens with two attached hydrogens (primary N) is 1. The van der Waals surface area contributed by atoms with Crippen LogP contribution in [0.25, 0.3) is 0 Å². The third-order valence-electron chi connectivity index (χ3n) is 5.84.